The molecule has 0 bridgehead atoms. The Morgan fingerprint density at radius 3 is 2.23 bits per heavy atom. The fourth-order valence-corrected chi connectivity index (χ4v) is 3.15. The Labute approximate surface area is 138 Å². The van der Waals surface area contributed by atoms with E-state index in [4.69, 9.17) is 4.98 Å². The fraction of sp³-hybridized carbons (Fsp3) is 0.850. The molecule has 22 heavy (non-hydrogen) atoms. The summed E-state index contributed by atoms with van der Waals surface area (Å²) in [4.78, 5) is 4.89. The van der Waals surface area contributed by atoms with Crippen molar-refractivity contribution in [2.45, 2.75) is 105 Å². The molecule has 1 aromatic heterocycles. The second-order valence-electron chi connectivity index (χ2n) is 7.90. The Morgan fingerprint density at radius 1 is 1.05 bits per heavy atom. The van der Waals surface area contributed by atoms with Gasteiger partial charge in [-0.2, -0.15) is 0 Å². The fourth-order valence-electron chi connectivity index (χ4n) is 3.15. The van der Waals surface area contributed by atoms with Crippen molar-refractivity contribution in [1.29, 1.82) is 0 Å². The van der Waals surface area contributed by atoms with Crippen LogP contribution >= 0.6 is 0 Å². The lowest BCUT2D eigenvalue weighted by molar-refractivity contribution is 0.418. The van der Waals surface area contributed by atoms with Gasteiger partial charge in [-0.15, -0.1) is 0 Å². The molecular weight excluding hydrogens is 268 g/mol. The highest BCUT2D eigenvalue weighted by molar-refractivity contribution is 5.26. The molecular formula is C20H38N2. The molecule has 1 heterocycles. The van der Waals surface area contributed by atoms with E-state index in [9.17, 15) is 0 Å². The van der Waals surface area contributed by atoms with Crippen molar-refractivity contribution in [3.63, 3.8) is 0 Å². The van der Waals surface area contributed by atoms with Crippen molar-refractivity contribution in [3.05, 3.63) is 17.7 Å². The topological polar surface area (TPSA) is 17.8 Å². The molecule has 128 valence electrons. The van der Waals surface area contributed by atoms with E-state index in [2.05, 4.69) is 59.4 Å². The minimum atomic E-state index is 0.186. The molecule has 0 amide bonds. The van der Waals surface area contributed by atoms with Gasteiger partial charge in [-0.05, 0) is 18.8 Å². The summed E-state index contributed by atoms with van der Waals surface area (Å²) in [5.41, 5.74) is 3.02. The molecule has 0 aliphatic rings. The van der Waals surface area contributed by atoms with E-state index in [0.29, 0.717) is 11.8 Å². The van der Waals surface area contributed by atoms with Crippen LogP contribution in [-0.2, 0) is 12.0 Å². The second kappa shape index (κ2) is 8.74. The zero-order valence-electron chi connectivity index (χ0n) is 16.1. The van der Waals surface area contributed by atoms with Gasteiger partial charge in [0.25, 0.3) is 0 Å². The van der Waals surface area contributed by atoms with E-state index in [0.717, 1.165) is 6.54 Å². The normalized spacial score (nSPS) is 13.8. The maximum Gasteiger partial charge on any atom is 0.0951 e. The summed E-state index contributed by atoms with van der Waals surface area (Å²) in [6.45, 7) is 17.4. The number of rotatable bonds is 10. The third-order valence-corrected chi connectivity index (χ3v) is 5.11. The molecule has 0 aromatic carbocycles. The molecule has 0 fully saturated rings. The van der Waals surface area contributed by atoms with Crippen LogP contribution in [0.5, 0.6) is 0 Å². The standard InChI is InChI=1S/C20H38N2/c1-8-10-12-13-20(6,7)19-18(17(5)16(3)4)22(15-21-19)14-11-9-2/h15-17H,8-14H2,1-7H3. The minimum absolute atomic E-state index is 0.186. The molecule has 0 aliphatic heterocycles. The number of aryl methyl sites for hydroxylation is 1. The predicted molar refractivity (Wildman–Crippen MR) is 97.6 cm³/mol. The van der Waals surface area contributed by atoms with Crippen LogP contribution in [0.25, 0.3) is 0 Å². The Morgan fingerprint density at radius 2 is 1.68 bits per heavy atom. The van der Waals surface area contributed by atoms with Gasteiger partial charge < -0.3 is 4.57 Å². The van der Waals surface area contributed by atoms with Crippen molar-refractivity contribution in [3.8, 4) is 0 Å². The van der Waals surface area contributed by atoms with Crippen LogP contribution in [-0.4, -0.2) is 9.55 Å². The largest absolute Gasteiger partial charge is 0.334 e. The number of nitrogens with zero attached hydrogens (tertiary/aromatic N) is 2. The highest BCUT2D eigenvalue weighted by Crippen LogP contribution is 2.36. The summed E-state index contributed by atoms with van der Waals surface area (Å²) in [5.74, 6) is 1.22. The Kier molecular flexibility index (Phi) is 7.65. The Balaban J connectivity index is 3.09. The maximum absolute atomic E-state index is 4.89. The van der Waals surface area contributed by atoms with E-state index in [-0.39, 0.29) is 5.41 Å². The molecule has 0 aliphatic carbocycles. The average molecular weight is 307 g/mol. The molecule has 0 radical (unpaired) electrons. The van der Waals surface area contributed by atoms with E-state index in [1.54, 1.807) is 0 Å². The zero-order valence-corrected chi connectivity index (χ0v) is 16.1. The van der Waals surface area contributed by atoms with Crippen LogP contribution in [0.1, 0.15) is 104 Å². The number of imidazole rings is 1. The Hall–Kier alpha value is -0.790. The smallest absolute Gasteiger partial charge is 0.0951 e. The molecule has 1 rings (SSSR count). The third-order valence-electron chi connectivity index (χ3n) is 5.11. The molecule has 1 aromatic rings. The van der Waals surface area contributed by atoms with Gasteiger partial charge in [0, 0.05) is 23.6 Å². The minimum Gasteiger partial charge on any atom is -0.334 e. The van der Waals surface area contributed by atoms with E-state index < -0.39 is 0 Å². The van der Waals surface area contributed by atoms with Crippen LogP contribution in [0, 0.1) is 5.92 Å². The SMILES string of the molecule is CCCCCC(C)(C)c1ncn(CCCC)c1C(C)C(C)C. The summed E-state index contributed by atoms with van der Waals surface area (Å²) in [6, 6.07) is 0. The van der Waals surface area contributed by atoms with Gasteiger partial charge in [-0.3, -0.25) is 0 Å². The van der Waals surface area contributed by atoms with Crippen LogP contribution in [0.2, 0.25) is 0 Å². The van der Waals surface area contributed by atoms with Crippen molar-refractivity contribution < 1.29 is 0 Å². The number of aromatic nitrogens is 2. The van der Waals surface area contributed by atoms with Crippen LogP contribution in [0.4, 0.5) is 0 Å². The van der Waals surface area contributed by atoms with Gasteiger partial charge in [0.2, 0.25) is 0 Å². The lowest BCUT2D eigenvalue weighted by Gasteiger charge is -2.28. The highest BCUT2D eigenvalue weighted by Gasteiger charge is 2.30. The van der Waals surface area contributed by atoms with Crippen LogP contribution < -0.4 is 0 Å². The van der Waals surface area contributed by atoms with E-state index in [1.807, 2.05) is 0 Å². The third kappa shape index (κ3) is 4.86. The van der Waals surface area contributed by atoms with Crippen molar-refractivity contribution >= 4 is 0 Å². The molecule has 0 saturated heterocycles. The molecule has 0 saturated carbocycles. The molecule has 1 unspecified atom stereocenters. The van der Waals surface area contributed by atoms with Gasteiger partial charge in [-0.25, -0.2) is 4.98 Å². The average Bonchev–Trinajstić information content (AvgIpc) is 2.88. The van der Waals surface area contributed by atoms with Crippen molar-refractivity contribution in [2.24, 2.45) is 5.92 Å². The van der Waals surface area contributed by atoms with Gasteiger partial charge in [0.05, 0.1) is 12.0 Å². The highest BCUT2D eigenvalue weighted by atomic mass is 15.1. The monoisotopic (exact) mass is 306 g/mol. The zero-order chi connectivity index (χ0) is 16.8. The summed E-state index contributed by atoms with van der Waals surface area (Å²) in [7, 11) is 0. The quantitative estimate of drug-likeness (QED) is 0.464. The first-order valence-corrected chi connectivity index (χ1v) is 9.40. The second-order valence-corrected chi connectivity index (χ2v) is 7.90. The molecule has 1 atom stereocenters. The van der Waals surface area contributed by atoms with Gasteiger partial charge in [0.1, 0.15) is 0 Å². The van der Waals surface area contributed by atoms with Crippen molar-refractivity contribution in [2.75, 3.05) is 0 Å². The van der Waals surface area contributed by atoms with Gasteiger partial charge >= 0.3 is 0 Å². The summed E-state index contributed by atoms with van der Waals surface area (Å²) in [6.07, 6.45) is 9.74. The van der Waals surface area contributed by atoms with Crippen LogP contribution in [0.15, 0.2) is 6.33 Å². The van der Waals surface area contributed by atoms with Gasteiger partial charge in [-0.1, -0.05) is 74.1 Å². The first kappa shape index (κ1) is 19.3. The number of hydrogen-bond donors (Lipinski definition) is 0. The predicted octanol–water partition coefficient (Wildman–Crippen LogP) is 6.30. The lowest BCUT2D eigenvalue weighted by atomic mass is 9.79. The lowest BCUT2D eigenvalue weighted by Crippen LogP contribution is -2.23. The number of unbranched alkanes of at least 4 members (excludes halogenated alkanes) is 3. The summed E-state index contributed by atoms with van der Waals surface area (Å²) in [5, 5.41) is 0. The first-order chi connectivity index (χ1) is 10.3. The maximum atomic E-state index is 4.89. The van der Waals surface area contributed by atoms with Crippen molar-refractivity contribution in [1.82, 2.24) is 9.55 Å². The first-order valence-electron chi connectivity index (χ1n) is 9.40. The molecule has 2 heteroatoms. The molecule has 2 nitrogen and oxygen atoms in total. The van der Waals surface area contributed by atoms with E-state index in [1.165, 1.54) is 49.9 Å². The molecule has 0 N–H and O–H groups in total. The Bertz CT molecular complexity index is 429. The van der Waals surface area contributed by atoms with Gasteiger partial charge in [0.15, 0.2) is 0 Å². The van der Waals surface area contributed by atoms with E-state index >= 15 is 0 Å². The number of hydrogen-bond acceptors (Lipinski definition) is 1. The summed E-state index contributed by atoms with van der Waals surface area (Å²) < 4.78 is 2.44. The summed E-state index contributed by atoms with van der Waals surface area (Å²) >= 11 is 0. The molecule has 0 spiro atoms. The van der Waals surface area contributed by atoms with Crippen LogP contribution in [0.3, 0.4) is 0 Å².